The molecule has 6 bridgehead atoms. The Morgan fingerprint density at radius 2 is 1.58 bits per heavy atom. The van der Waals surface area contributed by atoms with Crippen LogP contribution in [0.1, 0.15) is 85.0 Å². The topological polar surface area (TPSA) is 18.5 Å². The Morgan fingerprint density at radius 1 is 0.806 bits per heavy atom. The summed E-state index contributed by atoms with van der Waals surface area (Å²) in [6.45, 7) is 8.60. The summed E-state index contributed by atoms with van der Waals surface area (Å²) in [5.74, 6) is 9.22. The fourth-order valence-electron chi connectivity index (χ4n) is 9.80. The third kappa shape index (κ3) is 3.85. The van der Waals surface area contributed by atoms with Crippen molar-refractivity contribution >= 4 is 12.6 Å². The second kappa shape index (κ2) is 8.49. The molecule has 14 atom stereocenters. The van der Waals surface area contributed by atoms with E-state index in [0.29, 0.717) is 23.6 Å². The van der Waals surface area contributed by atoms with Gasteiger partial charge in [0.15, 0.2) is 0 Å². The van der Waals surface area contributed by atoms with E-state index in [9.17, 15) is 0 Å². The van der Waals surface area contributed by atoms with Gasteiger partial charge in [-0.1, -0.05) is 20.8 Å². The van der Waals surface area contributed by atoms with Crippen LogP contribution in [0.2, 0.25) is 0 Å². The van der Waals surface area contributed by atoms with Crippen LogP contribution >= 0.6 is 12.6 Å². The van der Waals surface area contributed by atoms with E-state index in [-0.39, 0.29) is 0 Å². The summed E-state index contributed by atoms with van der Waals surface area (Å²) in [5, 5.41) is 0.524. The molecule has 8 aliphatic rings. The van der Waals surface area contributed by atoms with Crippen molar-refractivity contribution in [1.82, 2.24) is 0 Å². The van der Waals surface area contributed by atoms with E-state index in [4.69, 9.17) is 22.1 Å². The molecule has 0 radical (unpaired) electrons. The average Bonchev–Trinajstić information content (AvgIpc) is 2.73. The van der Waals surface area contributed by atoms with Gasteiger partial charge in [-0.25, -0.2) is 0 Å². The van der Waals surface area contributed by atoms with Crippen molar-refractivity contribution < 1.29 is 9.47 Å². The Morgan fingerprint density at radius 3 is 2.23 bits per heavy atom. The lowest BCUT2D eigenvalue weighted by atomic mass is 9.47. The van der Waals surface area contributed by atoms with Gasteiger partial charge in [0, 0.05) is 11.7 Å². The van der Waals surface area contributed by atoms with Crippen molar-refractivity contribution in [3.8, 4) is 0 Å². The molecule has 4 aliphatic heterocycles. The molecule has 3 heteroatoms. The molecule has 0 aromatic carbocycles. The Labute approximate surface area is 196 Å². The first-order chi connectivity index (χ1) is 15.0. The second-order valence-electron chi connectivity index (χ2n) is 13.0. The molecule has 0 spiro atoms. The number of thiol groups is 1. The molecule has 4 saturated carbocycles. The quantitative estimate of drug-likeness (QED) is 0.443. The molecule has 0 amide bonds. The molecule has 0 aromatic rings. The summed E-state index contributed by atoms with van der Waals surface area (Å²) in [7, 11) is 0. The molecule has 4 aliphatic carbocycles. The summed E-state index contributed by atoms with van der Waals surface area (Å²) in [6.07, 6.45) is 15.9. The lowest BCUT2D eigenvalue weighted by molar-refractivity contribution is -0.212. The highest BCUT2D eigenvalue weighted by Gasteiger charge is 2.54. The first kappa shape index (κ1) is 21.8. The number of ether oxygens (including phenoxy) is 2. The standard InChI is InChI=1S/C28H46O2S/c1-15(23-11-21-7-6-20(23)14-29-21)8-18-4-5-19-10-25(18)28(19)16(2)9-26-24(17(3)31)12-22-13-27(26)30-22/h15-28,31H,4-14H2,1-3H3. The van der Waals surface area contributed by atoms with Gasteiger partial charge < -0.3 is 9.47 Å². The van der Waals surface area contributed by atoms with E-state index >= 15 is 0 Å². The first-order valence-electron chi connectivity index (χ1n) is 13.9. The zero-order chi connectivity index (χ0) is 21.3. The molecular weight excluding hydrogens is 400 g/mol. The molecule has 4 saturated heterocycles. The summed E-state index contributed by atoms with van der Waals surface area (Å²) in [5.41, 5.74) is 0. The number of hydrogen-bond acceptors (Lipinski definition) is 3. The second-order valence-corrected chi connectivity index (χ2v) is 13.8. The molecule has 8 rings (SSSR count). The van der Waals surface area contributed by atoms with Gasteiger partial charge in [0.05, 0.1) is 24.9 Å². The monoisotopic (exact) mass is 446 g/mol. The van der Waals surface area contributed by atoms with Crippen molar-refractivity contribution in [3.05, 3.63) is 0 Å². The lowest BCUT2D eigenvalue weighted by Gasteiger charge is -2.59. The maximum absolute atomic E-state index is 6.22. The fraction of sp³-hybridized carbons (Fsp3) is 1.00. The van der Waals surface area contributed by atoms with Crippen LogP contribution in [-0.4, -0.2) is 30.2 Å². The van der Waals surface area contributed by atoms with E-state index in [1.807, 2.05) is 0 Å². The minimum atomic E-state index is 0.524. The third-order valence-electron chi connectivity index (χ3n) is 11.4. The fourth-order valence-corrected chi connectivity index (χ4v) is 10.1. The van der Waals surface area contributed by atoms with Gasteiger partial charge in [-0.2, -0.15) is 12.6 Å². The molecule has 176 valence electrons. The highest BCUT2D eigenvalue weighted by atomic mass is 32.1. The Hall–Kier alpha value is 0.270. The van der Waals surface area contributed by atoms with Crippen molar-refractivity contribution in [2.75, 3.05) is 6.61 Å². The Balaban J connectivity index is 1.08. The van der Waals surface area contributed by atoms with Crippen LogP contribution in [0.15, 0.2) is 0 Å². The molecule has 4 heterocycles. The van der Waals surface area contributed by atoms with Gasteiger partial charge in [0.1, 0.15) is 0 Å². The molecule has 8 fully saturated rings. The number of hydrogen-bond donors (Lipinski definition) is 1. The van der Waals surface area contributed by atoms with Gasteiger partial charge in [-0.15, -0.1) is 0 Å². The number of fused-ring (bicyclic) bond motifs is 7. The summed E-state index contributed by atoms with van der Waals surface area (Å²) < 4.78 is 12.2. The van der Waals surface area contributed by atoms with Crippen molar-refractivity contribution in [3.63, 3.8) is 0 Å². The lowest BCUT2D eigenvalue weighted by Crippen LogP contribution is -2.55. The average molecular weight is 447 g/mol. The maximum atomic E-state index is 6.22. The largest absolute Gasteiger partial charge is 0.378 e. The van der Waals surface area contributed by atoms with Crippen LogP contribution in [0.3, 0.4) is 0 Å². The molecule has 2 nitrogen and oxygen atoms in total. The van der Waals surface area contributed by atoms with Crippen LogP contribution in [-0.2, 0) is 9.47 Å². The summed E-state index contributed by atoms with van der Waals surface area (Å²) in [6, 6.07) is 0. The van der Waals surface area contributed by atoms with E-state index in [1.165, 1.54) is 57.8 Å². The highest BCUT2D eigenvalue weighted by molar-refractivity contribution is 7.80. The smallest absolute Gasteiger partial charge is 0.0634 e. The normalized spacial score (nSPS) is 53.2. The molecule has 31 heavy (non-hydrogen) atoms. The van der Waals surface area contributed by atoms with E-state index in [2.05, 4.69) is 20.8 Å². The van der Waals surface area contributed by atoms with Crippen molar-refractivity contribution in [1.29, 1.82) is 0 Å². The highest BCUT2D eigenvalue weighted by Crippen LogP contribution is 2.60. The zero-order valence-electron chi connectivity index (χ0n) is 20.1. The molecule has 14 unspecified atom stereocenters. The van der Waals surface area contributed by atoms with E-state index in [0.717, 1.165) is 65.8 Å². The summed E-state index contributed by atoms with van der Waals surface area (Å²) in [4.78, 5) is 0. The van der Waals surface area contributed by atoms with Gasteiger partial charge in [-0.3, -0.25) is 0 Å². The van der Waals surface area contributed by atoms with Crippen LogP contribution in [0, 0.1) is 59.2 Å². The maximum Gasteiger partial charge on any atom is 0.0634 e. The molecule has 0 aromatic heterocycles. The SMILES string of the molecule is CC(S)C1CC2CC(O2)C1CC(C)C1C2CCC(CC(C)C3CC4CCC3CO4)C1C2. The van der Waals surface area contributed by atoms with Crippen LogP contribution < -0.4 is 0 Å². The predicted octanol–water partition coefficient (Wildman–Crippen LogP) is 6.63. The number of rotatable bonds is 7. The van der Waals surface area contributed by atoms with Crippen LogP contribution in [0.5, 0.6) is 0 Å². The van der Waals surface area contributed by atoms with Crippen LogP contribution in [0.4, 0.5) is 0 Å². The first-order valence-corrected chi connectivity index (χ1v) is 14.4. The van der Waals surface area contributed by atoms with Crippen molar-refractivity contribution in [2.45, 2.75) is 109 Å². The van der Waals surface area contributed by atoms with Gasteiger partial charge in [-0.05, 0) is 117 Å². The summed E-state index contributed by atoms with van der Waals surface area (Å²) >= 11 is 4.89. The van der Waals surface area contributed by atoms with Gasteiger partial charge in [0.2, 0.25) is 0 Å². The van der Waals surface area contributed by atoms with Gasteiger partial charge in [0.25, 0.3) is 0 Å². The predicted molar refractivity (Wildman–Crippen MR) is 129 cm³/mol. The third-order valence-corrected chi connectivity index (χ3v) is 11.8. The van der Waals surface area contributed by atoms with Crippen LogP contribution in [0.25, 0.3) is 0 Å². The molecular formula is C28H46O2S. The van der Waals surface area contributed by atoms with Gasteiger partial charge >= 0.3 is 0 Å². The zero-order valence-corrected chi connectivity index (χ0v) is 21.0. The Kier molecular flexibility index (Phi) is 5.96. The van der Waals surface area contributed by atoms with Crippen molar-refractivity contribution in [2.24, 2.45) is 59.2 Å². The Bertz CT molecular complexity index is 635. The minimum Gasteiger partial charge on any atom is -0.378 e. The molecule has 0 N–H and O–H groups in total. The van der Waals surface area contributed by atoms with E-state index in [1.54, 1.807) is 6.42 Å². The minimum absolute atomic E-state index is 0.524. The van der Waals surface area contributed by atoms with E-state index < -0.39 is 0 Å².